The summed E-state index contributed by atoms with van der Waals surface area (Å²) in [6, 6.07) is 6.81. The van der Waals surface area contributed by atoms with Crippen molar-refractivity contribution in [1.29, 1.82) is 5.41 Å². The minimum Gasteiger partial charge on any atom is -0.484 e. The number of hydrogen-bond donors (Lipinski definition) is 3. The van der Waals surface area contributed by atoms with E-state index in [1.54, 1.807) is 24.3 Å². The zero-order chi connectivity index (χ0) is 12.0. The average Bonchev–Trinajstić information content (AvgIpc) is 2.27. The number of ether oxygens (including phenoxy) is 2. The smallest absolute Gasteiger partial charge is 0.411 e. The van der Waals surface area contributed by atoms with E-state index in [1.807, 2.05) is 0 Å². The van der Waals surface area contributed by atoms with Crippen molar-refractivity contribution in [3.05, 3.63) is 24.3 Å². The van der Waals surface area contributed by atoms with Crippen molar-refractivity contribution in [2.45, 2.75) is 0 Å². The number of anilines is 1. The molecule has 0 atom stereocenters. The Hall–Kier alpha value is -2.24. The number of para-hydroxylation sites is 2. The highest BCUT2D eigenvalue weighted by Gasteiger charge is 2.06. The van der Waals surface area contributed by atoms with Crippen LogP contribution in [0.25, 0.3) is 0 Å². The number of carbonyl (C=O) groups is 1. The van der Waals surface area contributed by atoms with Gasteiger partial charge in [0.1, 0.15) is 18.2 Å². The molecule has 1 amide bonds. The number of amides is 1. The summed E-state index contributed by atoms with van der Waals surface area (Å²) in [5.74, 6) is 0.343. The Labute approximate surface area is 92.9 Å². The van der Waals surface area contributed by atoms with Crippen LogP contribution in [0.3, 0.4) is 0 Å². The monoisotopic (exact) mass is 223 g/mol. The third-order valence-corrected chi connectivity index (χ3v) is 1.69. The lowest BCUT2D eigenvalue weighted by atomic mass is 10.3. The van der Waals surface area contributed by atoms with Crippen molar-refractivity contribution in [2.75, 3.05) is 19.0 Å². The van der Waals surface area contributed by atoms with E-state index < -0.39 is 6.09 Å². The van der Waals surface area contributed by atoms with Crippen molar-refractivity contribution in [3.63, 3.8) is 0 Å². The summed E-state index contributed by atoms with van der Waals surface area (Å²) in [5.41, 5.74) is 5.63. The third-order valence-electron chi connectivity index (χ3n) is 1.69. The van der Waals surface area contributed by atoms with E-state index >= 15 is 0 Å². The number of methoxy groups -OCH3 is 1. The summed E-state index contributed by atoms with van der Waals surface area (Å²) in [6.45, 7) is -0.0279. The van der Waals surface area contributed by atoms with Crippen LogP contribution < -0.4 is 15.8 Å². The molecule has 0 aromatic heterocycles. The fourth-order valence-corrected chi connectivity index (χ4v) is 1.01. The zero-order valence-electron chi connectivity index (χ0n) is 8.82. The largest absolute Gasteiger partial charge is 0.484 e. The van der Waals surface area contributed by atoms with Gasteiger partial charge in [-0.1, -0.05) is 12.1 Å². The van der Waals surface area contributed by atoms with E-state index in [9.17, 15) is 4.79 Å². The van der Waals surface area contributed by atoms with Crippen molar-refractivity contribution in [1.82, 2.24) is 0 Å². The van der Waals surface area contributed by atoms with Crippen LogP contribution in [-0.4, -0.2) is 25.6 Å². The van der Waals surface area contributed by atoms with Crippen molar-refractivity contribution < 1.29 is 14.3 Å². The number of nitrogens with one attached hydrogen (secondary N) is 2. The van der Waals surface area contributed by atoms with Gasteiger partial charge in [0.05, 0.1) is 12.8 Å². The predicted molar refractivity (Wildman–Crippen MR) is 59.9 cm³/mol. The second-order valence-electron chi connectivity index (χ2n) is 2.93. The summed E-state index contributed by atoms with van der Waals surface area (Å²) >= 11 is 0. The Balaban J connectivity index is 2.74. The fraction of sp³-hybridized carbons (Fsp3) is 0.200. The van der Waals surface area contributed by atoms with E-state index in [2.05, 4.69) is 10.1 Å². The molecule has 6 nitrogen and oxygen atoms in total. The van der Waals surface area contributed by atoms with Gasteiger partial charge in [-0.3, -0.25) is 10.7 Å². The van der Waals surface area contributed by atoms with Crippen LogP contribution >= 0.6 is 0 Å². The van der Waals surface area contributed by atoms with Crippen molar-refractivity contribution in [2.24, 2.45) is 5.73 Å². The zero-order valence-corrected chi connectivity index (χ0v) is 8.82. The molecule has 0 aliphatic carbocycles. The molecule has 0 spiro atoms. The molecule has 0 radical (unpaired) electrons. The molecule has 0 aliphatic heterocycles. The van der Waals surface area contributed by atoms with Crippen LogP contribution in [0.1, 0.15) is 0 Å². The van der Waals surface area contributed by atoms with Crippen LogP contribution in [0.2, 0.25) is 0 Å². The standard InChI is InChI=1S/C10H13N3O3/c1-15-10(14)13-7-4-2-3-5-8(7)16-6-9(11)12/h2-5H,6H2,1H3,(H3,11,12)(H,13,14). The highest BCUT2D eigenvalue weighted by molar-refractivity contribution is 5.86. The van der Waals surface area contributed by atoms with Crippen molar-refractivity contribution >= 4 is 17.6 Å². The van der Waals surface area contributed by atoms with Crippen LogP contribution in [0.5, 0.6) is 5.75 Å². The molecule has 0 bridgehead atoms. The summed E-state index contributed by atoms with van der Waals surface area (Å²) in [7, 11) is 1.27. The quantitative estimate of drug-likeness (QED) is 0.527. The normalized spacial score (nSPS) is 9.31. The number of nitrogens with two attached hydrogens (primary N) is 1. The van der Waals surface area contributed by atoms with Crippen LogP contribution in [0, 0.1) is 5.41 Å². The summed E-state index contributed by atoms with van der Waals surface area (Å²) in [6.07, 6.45) is -0.584. The molecule has 0 aliphatic rings. The molecule has 16 heavy (non-hydrogen) atoms. The first kappa shape index (κ1) is 11.8. The molecule has 6 heteroatoms. The second-order valence-corrected chi connectivity index (χ2v) is 2.93. The Kier molecular flexibility index (Phi) is 4.14. The van der Waals surface area contributed by atoms with E-state index in [0.29, 0.717) is 11.4 Å². The van der Waals surface area contributed by atoms with Gasteiger partial charge in [-0.15, -0.1) is 0 Å². The molecule has 4 N–H and O–H groups in total. The minimum atomic E-state index is -0.584. The maximum atomic E-state index is 11.0. The van der Waals surface area contributed by atoms with Crippen LogP contribution in [0.15, 0.2) is 24.3 Å². The van der Waals surface area contributed by atoms with Crippen LogP contribution in [-0.2, 0) is 4.74 Å². The first-order valence-corrected chi connectivity index (χ1v) is 4.53. The van der Waals surface area contributed by atoms with E-state index in [4.69, 9.17) is 15.9 Å². The molecule has 0 fully saturated rings. The number of rotatable bonds is 4. The van der Waals surface area contributed by atoms with Gasteiger partial charge in [0.15, 0.2) is 0 Å². The van der Waals surface area contributed by atoms with E-state index in [1.165, 1.54) is 7.11 Å². The molecule has 0 unspecified atom stereocenters. The summed E-state index contributed by atoms with van der Waals surface area (Å²) in [4.78, 5) is 11.0. The fourth-order valence-electron chi connectivity index (χ4n) is 1.01. The topological polar surface area (TPSA) is 97.4 Å². The lowest BCUT2D eigenvalue weighted by Crippen LogP contribution is -2.20. The predicted octanol–water partition coefficient (Wildman–Crippen LogP) is 1.18. The Morgan fingerprint density at radius 3 is 2.81 bits per heavy atom. The number of hydrogen-bond acceptors (Lipinski definition) is 4. The Bertz CT molecular complexity index is 393. The van der Waals surface area contributed by atoms with Gasteiger partial charge in [-0.25, -0.2) is 4.79 Å². The molecule has 0 heterocycles. The molecular weight excluding hydrogens is 210 g/mol. The van der Waals surface area contributed by atoms with Gasteiger partial charge in [0.2, 0.25) is 0 Å². The Morgan fingerprint density at radius 1 is 1.50 bits per heavy atom. The molecule has 86 valence electrons. The van der Waals surface area contributed by atoms with E-state index in [0.717, 1.165) is 0 Å². The lowest BCUT2D eigenvalue weighted by molar-refractivity contribution is 0.186. The molecule has 0 saturated heterocycles. The number of carbonyl (C=O) groups excluding carboxylic acids is 1. The molecular formula is C10H13N3O3. The summed E-state index contributed by atoms with van der Waals surface area (Å²) < 4.78 is 9.69. The van der Waals surface area contributed by atoms with Gasteiger partial charge in [0.25, 0.3) is 0 Å². The highest BCUT2D eigenvalue weighted by Crippen LogP contribution is 2.23. The van der Waals surface area contributed by atoms with Crippen LogP contribution in [0.4, 0.5) is 10.5 Å². The SMILES string of the molecule is COC(=O)Nc1ccccc1OCC(=N)N. The maximum Gasteiger partial charge on any atom is 0.411 e. The lowest BCUT2D eigenvalue weighted by Gasteiger charge is -2.10. The minimum absolute atomic E-state index is 0.0279. The molecule has 1 rings (SSSR count). The Morgan fingerprint density at radius 2 is 2.19 bits per heavy atom. The highest BCUT2D eigenvalue weighted by atomic mass is 16.5. The van der Waals surface area contributed by atoms with Gasteiger partial charge < -0.3 is 15.2 Å². The van der Waals surface area contributed by atoms with Gasteiger partial charge in [-0.2, -0.15) is 0 Å². The molecule has 1 aromatic carbocycles. The van der Waals surface area contributed by atoms with Crippen molar-refractivity contribution in [3.8, 4) is 5.75 Å². The van der Waals surface area contributed by atoms with Gasteiger partial charge >= 0.3 is 6.09 Å². The van der Waals surface area contributed by atoms with E-state index in [-0.39, 0.29) is 12.4 Å². The number of benzene rings is 1. The molecule has 0 saturated carbocycles. The third kappa shape index (κ3) is 3.49. The van der Waals surface area contributed by atoms with Gasteiger partial charge in [-0.05, 0) is 12.1 Å². The molecule has 1 aromatic rings. The first-order chi connectivity index (χ1) is 7.63. The maximum absolute atomic E-state index is 11.0. The average molecular weight is 223 g/mol. The first-order valence-electron chi connectivity index (χ1n) is 4.53. The summed E-state index contributed by atoms with van der Waals surface area (Å²) in [5, 5.41) is 9.52. The second kappa shape index (κ2) is 5.59. The number of amidine groups is 1. The van der Waals surface area contributed by atoms with Gasteiger partial charge in [0, 0.05) is 0 Å².